The fourth-order valence-corrected chi connectivity index (χ4v) is 3.71. The summed E-state index contributed by atoms with van der Waals surface area (Å²) in [6, 6.07) is 9.06. The molecule has 0 spiro atoms. The lowest BCUT2D eigenvalue weighted by Crippen LogP contribution is -3.00. The van der Waals surface area contributed by atoms with Crippen molar-refractivity contribution in [2.24, 2.45) is 0 Å². The number of alkyl halides is 1. The molecular weight excluding hydrogens is 438 g/mol. The van der Waals surface area contributed by atoms with Crippen LogP contribution in [0.2, 0.25) is 0 Å². The normalized spacial score (nSPS) is 11.4. The molecule has 3 heteroatoms. The lowest BCUT2D eigenvalue weighted by molar-refractivity contribution is -0.903. The van der Waals surface area contributed by atoms with Gasteiger partial charge in [0.15, 0.2) is 0 Å². The summed E-state index contributed by atoms with van der Waals surface area (Å²) in [5, 5.41) is 0.949. The fraction of sp³-hybridized carbons (Fsp3) is 0.727. The van der Waals surface area contributed by atoms with Gasteiger partial charge in [0.25, 0.3) is 0 Å². The zero-order valence-electron chi connectivity index (χ0n) is 16.7. The molecule has 0 radical (unpaired) electrons. The van der Waals surface area contributed by atoms with Crippen LogP contribution in [-0.2, 0) is 11.9 Å². The lowest BCUT2D eigenvalue weighted by Gasteiger charge is -2.30. The predicted molar refractivity (Wildman–Crippen MR) is 112 cm³/mol. The summed E-state index contributed by atoms with van der Waals surface area (Å²) >= 11 is 3.51. The predicted octanol–water partition coefficient (Wildman–Crippen LogP) is 4.08. The second-order valence-electron chi connectivity index (χ2n) is 7.95. The first-order valence-corrected chi connectivity index (χ1v) is 11.2. The Labute approximate surface area is 176 Å². The Bertz CT molecular complexity index is 415. The Hall–Kier alpha value is 0.140. The fourth-order valence-electron chi connectivity index (χ4n) is 3.33. The van der Waals surface area contributed by atoms with E-state index in [-0.39, 0.29) is 17.0 Å². The van der Waals surface area contributed by atoms with Crippen molar-refractivity contribution >= 4 is 15.9 Å². The second-order valence-corrected chi connectivity index (χ2v) is 8.51. The van der Waals surface area contributed by atoms with Gasteiger partial charge in [0.1, 0.15) is 6.54 Å². The summed E-state index contributed by atoms with van der Waals surface area (Å²) in [6.45, 7) is 4.72. The third-order valence-corrected chi connectivity index (χ3v) is 5.55. The summed E-state index contributed by atoms with van der Waals surface area (Å²) in [4.78, 5) is 0. The molecule has 0 amide bonds. The zero-order valence-corrected chi connectivity index (χ0v) is 19.9. The van der Waals surface area contributed by atoms with Gasteiger partial charge in [0.05, 0.1) is 20.6 Å². The molecule has 1 rings (SSSR count). The van der Waals surface area contributed by atoms with Gasteiger partial charge in [-0.1, -0.05) is 98.5 Å². The van der Waals surface area contributed by atoms with E-state index >= 15 is 0 Å². The van der Waals surface area contributed by atoms with Gasteiger partial charge in [0, 0.05) is 10.9 Å². The SMILES string of the molecule is CCCCCCCCCCCC[N+](C)(C)Cc1ccc(CBr)cc1.[Br-]. The van der Waals surface area contributed by atoms with E-state index in [0.717, 1.165) is 16.4 Å². The number of halogens is 2. The number of unbranched alkanes of at least 4 members (excludes halogenated alkanes) is 9. The van der Waals surface area contributed by atoms with E-state index in [9.17, 15) is 0 Å². The van der Waals surface area contributed by atoms with Crippen molar-refractivity contribution in [2.75, 3.05) is 20.6 Å². The van der Waals surface area contributed by atoms with Crippen LogP contribution in [0.25, 0.3) is 0 Å². The molecule has 1 aromatic rings. The average molecular weight is 477 g/mol. The summed E-state index contributed by atoms with van der Waals surface area (Å²) in [5.74, 6) is 0. The largest absolute Gasteiger partial charge is 1.00 e. The minimum Gasteiger partial charge on any atom is -1.00 e. The van der Waals surface area contributed by atoms with Crippen LogP contribution in [0, 0.1) is 0 Å². The summed E-state index contributed by atoms with van der Waals surface area (Å²) in [6.07, 6.45) is 14.2. The van der Waals surface area contributed by atoms with Crippen molar-refractivity contribution in [3.63, 3.8) is 0 Å². The average Bonchev–Trinajstić information content (AvgIpc) is 2.57. The highest BCUT2D eigenvalue weighted by molar-refractivity contribution is 9.08. The molecule has 0 aliphatic rings. The van der Waals surface area contributed by atoms with Gasteiger partial charge in [0.2, 0.25) is 0 Å². The molecule has 0 heterocycles. The van der Waals surface area contributed by atoms with E-state index < -0.39 is 0 Å². The van der Waals surface area contributed by atoms with E-state index in [1.165, 1.54) is 81.9 Å². The van der Waals surface area contributed by atoms with Crippen molar-refractivity contribution in [1.82, 2.24) is 0 Å². The number of hydrogen-bond donors (Lipinski definition) is 0. The number of nitrogens with zero attached hydrogens (tertiary/aromatic N) is 1. The van der Waals surface area contributed by atoms with Crippen molar-refractivity contribution in [3.8, 4) is 0 Å². The highest BCUT2D eigenvalue weighted by Gasteiger charge is 2.15. The van der Waals surface area contributed by atoms with Crippen LogP contribution in [-0.4, -0.2) is 25.1 Å². The van der Waals surface area contributed by atoms with Crippen LogP contribution in [0.1, 0.15) is 82.3 Å². The van der Waals surface area contributed by atoms with Crippen LogP contribution >= 0.6 is 15.9 Å². The van der Waals surface area contributed by atoms with E-state index in [4.69, 9.17) is 0 Å². The van der Waals surface area contributed by atoms with Gasteiger partial charge in [-0.15, -0.1) is 0 Å². The Morgan fingerprint density at radius 1 is 0.720 bits per heavy atom. The van der Waals surface area contributed by atoms with Gasteiger partial charge in [-0.3, -0.25) is 0 Å². The first-order chi connectivity index (χ1) is 11.6. The quantitative estimate of drug-likeness (QED) is 0.215. The summed E-state index contributed by atoms with van der Waals surface area (Å²) in [7, 11) is 4.73. The second kappa shape index (κ2) is 15.2. The van der Waals surface area contributed by atoms with Crippen molar-refractivity contribution < 1.29 is 21.5 Å². The molecule has 0 N–H and O–H groups in total. The van der Waals surface area contributed by atoms with Crippen LogP contribution in [0.3, 0.4) is 0 Å². The minimum atomic E-state index is 0. The summed E-state index contributed by atoms with van der Waals surface area (Å²) < 4.78 is 1.10. The minimum absolute atomic E-state index is 0. The Balaban J connectivity index is 0.00000576. The highest BCUT2D eigenvalue weighted by atomic mass is 79.9. The highest BCUT2D eigenvalue weighted by Crippen LogP contribution is 2.15. The summed E-state index contributed by atoms with van der Waals surface area (Å²) in [5.41, 5.74) is 2.82. The van der Waals surface area contributed by atoms with Crippen LogP contribution in [0.4, 0.5) is 0 Å². The molecular formula is C22H39Br2N. The molecule has 0 aliphatic carbocycles. The zero-order chi connectivity index (χ0) is 17.7. The van der Waals surface area contributed by atoms with Crippen molar-refractivity contribution in [3.05, 3.63) is 35.4 Å². The van der Waals surface area contributed by atoms with E-state index in [0.29, 0.717) is 0 Å². The van der Waals surface area contributed by atoms with Crippen LogP contribution in [0.5, 0.6) is 0 Å². The first kappa shape index (κ1) is 25.1. The molecule has 0 saturated carbocycles. The molecule has 0 unspecified atom stereocenters. The van der Waals surface area contributed by atoms with E-state index in [1.54, 1.807) is 0 Å². The Kier molecular flexibility index (Phi) is 15.3. The van der Waals surface area contributed by atoms with Crippen molar-refractivity contribution in [2.45, 2.75) is 83.0 Å². The van der Waals surface area contributed by atoms with E-state index in [1.807, 2.05) is 0 Å². The van der Waals surface area contributed by atoms with Gasteiger partial charge in [-0.05, 0) is 18.4 Å². The van der Waals surface area contributed by atoms with Gasteiger partial charge < -0.3 is 21.5 Å². The number of quaternary nitrogens is 1. The third-order valence-electron chi connectivity index (χ3n) is 4.90. The lowest BCUT2D eigenvalue weighted by atomic mass is 10.1. The number of hydrogen-bond acceptors (Lipinski definition) is 0. The van der Waals surface area contributed by atoms with E-state index in [2.05, 4.69) is 61.2 Å². The third kappa shape index (κ3) is 13.0. The topological polar surface area (TPSA) is 0 Å². The number of rotatable bonds is 14. The Morgan fingerprint density at radius 2 is 1.16 bits per heavy atom. The molecule has 0 bridgehead atoms. The molecule has 1 nitrogen and oxygen atoms in total. The molecule has 1 aromatic carbocycles. The van der Waals surface area contributed by atoms with Gasteiger partial charge >= 0.3 is 0 Å². The molecule has 0 saturated heterocycles. The van der Waals surface area contributed by atoms with Gasteiger partial charge in [-0.25, -0.2) is 0 Å². The standard InChI is InChI=1S/C22H39BrN.BrH/c1-4-5-6-7-8-9-10-11-12-13-18-24(2,3)20-22-16-14-21(19-23)15-17-22;/h14-17H,4-13,18-20H2,1-3H3;1H/q+1;/p-1. The molecule has 146 valence electrons. The van der Waals surface area contributed by atoms with Crippen LogP contribution in [0.15, 0.2) is 24.3 Å². The van der Waals surface area contributed by atoms with Gasteiger partial charge in [-0.2, -0.15) is 0 Å². The van der Waals surface area contributed by atoms with Crippen molar-refractivity contribution in [1.29, 1.82) is 0 Å². The Morgan fingerprint density at radius 3 is 1.64 bits per heavy atom. The number of benzene rings is 1. The first-order valence-electron chi connectivity index (χ1n) is 10.0. The molecule has 0 fully saturated rings. The molecule has 0 aromatic heterocycles. The van der Waals surface area contributed by atoms with Crippen LogP contribution < -0.4 is 17.0 Å². The molecule has 0 atom stereocenters. The maximum Gasteiger partial charge on any atom is 0.104 e. The monoisotopic (exact) mass is 475 g/mol. The molecule has 25 heavy (non-hydrogen) atoms. The maximum absolute atomic E-state index is 3.51. The smallest absolute Gasteiger partial charge is 0.104 e. The maximum atomic E-state index is 3.51. The molecule has 0 aliphatic heterocycles.